The molecule has 0 spiro atoms. The predicted octanol–water partition coefficient (Wildman–Crippen LogP) is 3.07. The van der Waals surface area contributed by atoms with Gasteiger partial charge in [-0.1, -0.05) is 25.5 Å². The normalized spacial score (nSPS) is 19.1. The molecular formula is C18H27NO3S. The number of carbonyl (C=O) groups is 1. The van der Waals surface area contributed by atoms with E-state index in [1.165, 1.54) is 5.56 Å². The van der Waals surface area contributed by atoms with Crippen LogP contribution in [0, 0.1) is 0 Å². The van der Waals surface area contributed by atoms with Gasteiger partial charge in [0.2, 0.25) is 0 Å². The van der Waals surface area contributed by atoms with Crippen molar-refractivity contribution < 1.29 is 13.2 Å². The molecule has 1 aliphatic heterocycles. The van der Waals surface area contributed by atoms with Crippen LogP contribution in [0.5, 0.6) is 0 Å². The number of hydrogen-bond acceptors (Lipinski definition) is 3. The van der Waals surface area contributed by atoms with E-state index in [2.05, 4.69) is 6.92 Å². The van der Waals surface area contributed by atoms with Crippen LogP contribution < -0.4 is 0 Å². The third-order valence-electron chi connectivity index (χ3n) is 4.46. The van der Waals surface area contributed by atoms with Crippen LogP contribution in [-0.2, 0) is 16.3 Å². The SMILES string of the molecule is CCCc1ccc(C(=O)N2CC[C@@H](S(=O)(=O)C(C)(C)C)C2)cc1. The van der Waals surface area contributed by atoms with E-state index in [4.69, 9.17) is 0 Å². The molecule has 0 bridgehead atoms. The average Bonchev–Trinajstić information content (AvgIpc) is 2.97. The molecule has 1 aromatic rings. The molecule has 128 valence electrons. The number of carbonyl (C=O) groups excluding carboxylic acids is 1. The molecule has 0 radical (unpaired) electrons. The first-order valence-electron chi connectivity index (χ1n) is 8.28. The second-order valence-electron chi connectivity index (χ2n) is 7.27. The van der Waals surface area contributed by atoms with Crippen molar-refractivity contribution in [2.75, 3.05) is 13.1 Å². The first kappa shape index (κ1) is 18.0. The Bertz CT molecular complexity index is 657. The fraction of sp³-hybridized carbons (Fsp3) is 0.611. The highest BCUT2D eigenvalue weighted by atomic mass is 32.2. The quantitative estimate of drug-likeness (QED) is 0.848. The van der Waals surface area contributed by atoms with Crippen LogP contribution in [0.4, 0.5) is 0 Å². The van der Waals surface area contributed by atoms with Crippen molar-refractivity contribution in [1.82, 2.24) is 4.90 Å². The molecule has 1 aromatic carbocycles. The zero-order chi connectivity index (χ0) is 17.3. The lowest BCUT2D eigenvalue weighted by Crippen LogP contribution is -2.39. The largest absolute Gasteiger partial charge is 0.337 e. The van der Waals surface area contributed by atoms with Gasteiger partial charge in [-0.25, -0.2) is 8.42 Å². The topological polar surface area (TPSA) is 54.5 Å². The van der Waals surface area contributed by atoms with E-state index in [1.807, 2.05) is 24.3 Å². The van der Waals surface area contributed by atoms with E-state index in [0.29, 0.717) is 25.1 Å². The van der Waals surface area contributed by atoms with Crippen molar-refractivity contribution in [2.45, 2.75) is 57.0 Å². The van der Waals surface area contributed by atoms with Crippen molar-refractivity contribution in [3.63, 3.8) is 0 Å². The lowest BCUT2D eigenvalue weighted by molar-refractivity contribution is 0.0793. The van der Waals surface area contributed by atoms with E-state index in [-0.39, 0.29) is 5.91 Å². The van der Waals surface area contributed by atoms with Gasteiger partial charge in [0, 0.05) is 18.7 Å². The zero-order valence-corrected chi connectivity index (χ0v) is 15.3. The van der Waals surface area contributed by atoms with E-state index in [0.717, 1.165) is 12.8 Å². The van der Waals surface area contributed by atoms with Crippen LogP contribution in [-0.4, -0.2) is 42.3 Å². The number of benzene rings is 1. The minimum Gasteiger partial charge on any atom is -0.337 e. The molecule has 5 heteroatoms. The number of sulfone groups is 1. The third-order valence-corrected chi connectivity index (χ3v) is 7.43. The second kappa shape index (κ2) is 6.63. The number of likely N-dealkylation sites (tertiary alicyclic amines) is 1. The van der Waals surface area contributed by atoms with Crippen molar-refractivity contribution in [2.24, 2.45) is 0 Å². The Morgan fingerprint density at radius 2 is 1.83 bits per heavy atom. The van der Waals surface area contributed by atoms with Gasteiger partial charge in [0.05, 0.1) is 10.00 Å². The molecule has 1 atom stereocenters. The molecule has 0 N–H and O–H groups in total. The van der Waals surface area contributed by atoms with Gasteiger partial charge in [0.1, 0.15) is 0 Å². The zero-order valence-electron chi connectivity index (χ0n) is 14.5. The summed E-state index contributed by atoms with van der Waals surface area (Å²) in [6, 6.07) is 7.66. The van der Waals surface area contributed by atoms with E-state index < -0.39 is 19.8 Å². The number of hydrogen-bond donors (Lipinski definition) is 0. The molecule has 0 aromatic heterocycles. The smallest absolute Gasteiger partial charge is 0.253 e. The molecule has 0 saturated carbocycles. The second-order valence-corrected chi connectivity index (χ2v) is 10.2. The minimum absolute atomic E-state index is 0.0698. The van der Waals surface area contributed by atoms with E-state index >= 15 is 0 Å². The Balaban J connectivity index is 2.08. The molecular weight excluding hydrogens is 310 g/mol. The fourth-order valence-electron chi connectivity index (χ4n) is 2.95. The monoisotopic (exact) mass is 337 g/mol. The molecule has 2 rings (SSSR count). The summed E-state index contributed by atoms with van der Waals surface area (Å²) in [6.45, 7) is 8.10. The van der Waals surface area contributed by atoms with Crippen molar-refractivity contribution >= 4 is 15.7 Å². The summed E-state index contributed by atoms with van der Waals surface area (Å²) in [7, 11) is -3.23. The molecule has 0 unspecified atom stereocenters. The van der Waals surface area contributed by atoms with Gasteiger partial charge in [0.15, 0.2) is 9.84 Å². The van der Waals surface area contributed by atoms with Crippen LogP contribution >= 0.6 is 0 Å². The predicted molar refractivity (Wildman–Crippen MR) is 93.4 cm³/mol. The minimum atomic E-state index is -3.23. The summed E-state index contributed by atoms with van der Waals surface area (Å²) < 4.78 is 24.3. The molecule has 1 amide bonds. The first-order valence-corrected chi connectivity index (χ1v) is 9.83. The molecule has 4 nitrogen and oxygen atoms in total. The maximum atomic E-state index is 12.6. The number of aryl methyl sites for hydroxylation is 1. The number of rotatable bonds is 4. The van der Waals surface area contributed by atoms with Crippen molar-refractivity contribution in [3.05, 3.63) is 35.4 Å². The summed E-state index contributed by atoms with van der Waals surface area (Å²) in [5.41, 5.74) is 1.86. The first-order chi connectivity index (χ1) is 10.7. The lowest BCUT2D eigenvalue weighted by Gasteiger charge is -2.24. The standard InChI is InChI=1S/C18H27NO3S/c1-5-6-14-7-9-15(10-8-14)17(20)19-12-11-16(13-19)23(21,22)18(2,3)4/h7-10,16H,5-6,11-13H2,1-4H3/t16-/m1/s1. The van der Waals surface area contributed by atoms with Crippen molar-refractivity contribution in [3.8, 4) is 0 Å². The van der Waals surface area contributed by atoms with Gasteiger partial charge >= 0.3 is 0 Å². The summed E-state index contributed by atoms with van der Waals surface area (Å²) in [5.74, 6) is -0.0698. The number of nitrogens with zero attached hydrogens (tertiary/aromatic N) is 1. The summed E-state index contributed by atoms with van der Waals surface area (Å²) >= 11 is 0. The number of amides is 1. The highest BCUT2D eigenvalue weighted by Gasteiger charge is 2.41. The summed E-state index contributed by atoms with van der Waals surface area (Å²) in [4.78, 5) is 14.2. The van der Waals surface area contributed by atoms with Gasteiger partial charge in [-0.15, -0.1) is 0 Å². The molecule has 0 aliphatic carbocycles. The summed E-state index contributed by atoms with van der Waals surface area (Å²) in [5, 5.41) is -0.453. The van der Waals surface area contributed by atoms with Crippen molar-refractivity contribution in [1.29, 1.82) is 0 Å². The Labute approximate surface area is 139 Å². The third kappa shape index (κ3) is 3.77. The lowest BCUT2D eigenvalue weighted by atomic mass is 10.1. The van der Waals surface area contributed by atoms with Crippen LogP contribution in [0.2, 0.25) is 0 Å². The molecule has 1 aliphatic rings. The van der Waals surface area contributed by atoms with Gasteiger partial charge in [-0.3, -0.25) is 4.79 Å². The van der Waals surface area contributed by atoms with Gasteiger partial charge < -0.3 is 4.90 Å². The Kier molecular flexibility index (Phi) is 5.19. The molecule has 23 heavy (non-hydrogen) atoms. The maximum Gasteiger partial charge on any atom is 0.253 e. The average molecular weight is 337 g/mol. The van der Waals surface area contributed by atoms with E-state index in [1.54, 1.807) is 25.7 Å². The van der Waals surface area contributed by atoms with Crippen LogP contribution in [0.15, 0.2) is 24.3 Å². The Morgan fingerprint density at radius 1 is 1.22 bits per heavy atom. The van der Waals surface area contributed by atoms with Crippen LogP contribution in [0.25, 0.3) is 0 Å². The van der Waals surface area contributed by atoms with Crippen LogP contribution in [0.1, 0.15) is 56.5 Å². The van der Waals surface area contributed by atoms with Gasteiger partial charge in [-0.05, 0) is 51.3 Å². The molecule has 1 saturated heterocycles. The maximum absolute atomic E-state index is 12.6. The Hall–Kier alpha value is -1.36. The molecule has 1 heterocycles. The Morgan fingerprint density at radius 3 is 2.35 bits per heavy atom. The van der Waals surface area contributed by atoms with Crippen LogP contribution in [0.3, 0.4) is 0 Å². The highest BCUT2D eigenvalue weighted by molar-refractivity contribution is 7.93. The summed E-state index contributed by atoms with van der Waals surface area (Å²) in [6.07, 6.45) is 2.61. The van der Waals surface area contributed by atoms with Gasteiger partial charge in [0.25, 0.3) is 5.91 Å². The fourth-order valence-corrected chi connectivity index (χ4v) is 4.74. The molecule has 1 fully saturated rings. The van der Waals surface area contributed by atoms with Gasteiger partial charge in [-0.2, -0.15) is 0 Å². The highest BCUT2D eigenvalue weighted by Crippen LogP contribution is 2.27. The van der Waals surface area contributed by atoms with E-state index in [9.17, 15) is 13.2 Å².